The largest absolute Gasteiger partial charge is 0.309 e. The number of fused-ring (bicyclic) bond motifs is 7. The normalized spacial score (nSPS) is 11.7. The molecule has 262 valence electrons. The summed E-state index contributed by atoms with van der Waals surface area (Å²) in [7, 11) is 0. The summed E-state index contributed by atoms with van der Waals surface area (Å²) in [5.74, 6) is 0. The van der Waals surface area contributed by atoms with Crippen molar-refractivity contribution in [3.8, 4) is 50.2 Å². The van der Waals surface area contributed by atoms with E-state index in [1.165, 1.54) is 93.3 Å². The third-order valence-electron chi connectivity index (χ3n) is 11.6. The Bertz CT molecular complexity index is 3290. The highest BCUT2D eigenvalue weighted by molar-refractivity contribution is 6.23. The van der Waals surface area contributed by atoms with Gasteiger partial charge >= 0.3 is 0 Å². The first-order valence-corrected chi connectivity index (χ1v) is 19.3. The topological polar surface area (TPSA) is 17.8 Å². The van der Waals surface area contributed by atoms with Crippen molar-refractivity contribution in [1.82, 2.24) is 9.55 Å². The number of rotatable bonds is 5. The van der Waals surface area contributed by atoms with Crippen molar-refractivity contribution in [2.75, 3.05) is 0 Å². The van der Waals surface area contributed by atoms with Gasteiger partial charge < -0.3 is 4.57 Å². The van der Waals surface area contributed by atoms with Crippen LogP contribution in [-0.2, 0) is 0 Å². The molecular formula is C54H36N2. The highest BCUT2D eigenvalue weighted by Gasteiger charge is 2.20. The molecule has 0 fully saturated rings. The van der Waals surface area contributed by atoms with Crippen molar-refractivity contribution >= 4 is 54.1 Å². The Kier molecular flexibility index (Phi) is 7.43. The van der Waals surface area contributed by atoms with Crippen molar-refractivity contribution in [2.24, 2.45) is 0 Å². The summed E-state index contributed by atoms with van der Waals surface area (Å²) >= 11 is 0. The molecule has 0 saturated carbocycles. The Morgan fingerprint density at radius 1 is 0.375 bits per heavy atom. The van der Waals surface area contributed by atoms with E-state index in [2.05, 4.69) is 205 Å². The molecule has 9 aromatic carbocycles. The second-order valence-corrected chi connectivity index (χ2v) is 14.7. The number of hydrogen-bond acceptors (Lipinski definition) is 1. The Labute approximate surface area is 325 Å². The summed E-state index contributed by atoms with van der Waals surface area (Å²) in [5.41, 5.74) is 14.6. The van der Waals surface area contributed by atoms with Gasteiger partial charge in [0.25, 0.3) is 0 Å². The summed E-state index contributed by atoms with van der Waals surface area (Å²) in [4.78, 5) is 4.58. The number of aromatic nitrogens is 2. The molecule has 0 spiro atoms. The number of nitrogens with zero attached hydrogens (tertiary/aromatic N) is 2. The zero-order valence-corrected chi connectivity index (χ0v) is 30.9. The Morgan fingerprint density at radius 2 is 0.929 bits per heavy atom. The van der Waals surface area contributed by atoms with E-state index in [1.54, 1.807) is 0 Å². The highest BCUT2D eigenvalue weighted by Crippen LogP contribution is 2.46. The zero-order valence-electron chi connectivity index (χ0n) is 30.9. The van der Waals surface area contributed by atoms with Gasteiger partial charge in [-0.05, 0) is 114 Å². The SMILES string of the molecule is Cc1cc(-c2cc3c4cnccc4n(-c4ccccc4)c3c3ccccc23)ccc1-c1ccc2c(-c3ccccc3)c3ccccc3c(-c3ccccc3)c2c1. The van der Waals surface area contributed by atoms with Gasteiger partial charge in [0.1, 0.15) is 0 Å². The first-order valence-electron chi connectivity index (χ1n) is 19.3. The Hall–Kier alpha value is -7.29. The van der Waals surface area contributed by atoms with Crippen LogP contribution >= 0.6 is 0 Å². The van der Waals surface area contributed by atoms with Gasteiger partial charge in [-0.2, -0.15) is 0 Å². The molecule has 0 atom stereocenters. The number of pyridine rings is 1. The van der Waals surface area contributed by atoms with Crippen LogP contribution in [0.2, 0.25) is 0 Å². The van der Waals surface area contributed by atoms with E-state index in [0.29, 0.717) is 0 Å². The summed E-state index contributed by atoms with van der Waals surface area (Å²) in [6.45, 7) is 2.25. The average molecular weight is 713 g/mol. The molecule has 0 aliphatic heterocycles. The molecule has 0 unspecified atom stereocenters. The molecule has 2 nitrogen and oxygen atoms in total. The van der Waals surface area contributed by atoms with Crippen LogP contribution in [0.4, 0.5) is 0 Å². The standard InChI is InChI=1S/C54H36N2/c1-35-31-38(47-33-49-50-34-55-30-29-51(50)56(40-19-9-4-10-20-40)54(49)46-24-14-11-21-42(46)47)25-27-41(35)39-26-28-45-48(32-39)53(37-17-7-3-8-18-37)44-23-13-12-22-43(44)52(45)36-15-5-2-6-16-36/h2-34H,1H3. The maximum atomic E-state index is 4.58. The molecule has 0 amide bonds. The van der Waals surface area contributed by atoms with Crippen LogP contribution < -0.4 is 0 Å². The summed E-state index contributed by atoms with van der Waals surface area (Å²) in [6, 6.07) is 68.7. The monoisotopic (exact) mass is 712 g/mol. The van der Waals surface area contributed by atoms with E-state index in [-0.39, 0.29) is 0 Å². The lowest BCUT2D eigenvalue weighted by atomic mass is 9.84. The smallest absolute Gasteiger partial charge is 0.0620 e. The van der Waals surface area contributed by atoms with E-state index in [4.69, 9.17) is 0 Å². The van der Waals surface area contributed by atoms with Crippen molar-refractivity contribution < 1.29 is 0 Å². The fourth-order valence-corrected chi connectivity index (χ4v) is 9.13. The van der Waals surface area contributed by atoms with Gasteiger partial charge in [-0.3, -0.25) is 4.98 Å². The van der Waals surface area contributed by atoms with Gasteiger partial charge in [0.2, 0.25) is 0 Å². The van der Waals surface area contributed by atoms with E-state index in [9.17, 15) is 0 Å². The zero-order chi connectivity index (χ0) is 37.2. The summed E-state index contributed by atoms with van der Waals surface area (Å²) in [5, 5.41) is 9.87. The molecule has 11 aromatic rings. The lowest BCUT2D eigenvalue weighted by Crippen LogP contribution is -1.95. The summed E-state index contributed by atoms with van der Waals surface area (Å²) in [6.07, 6.45) is 3.91. The number of aryl methyl sites for hydroxylation is 1. The fourth-order valence-electron chi connectivity index (χ4n) is 9.13. The van der Waals surface area contributed by atoms with E-state index in [0.717, 1.165) is 16.6 Å². The first-order chi connectivity index (χ1) is 27.7. The van der Waals surface area contributed by atoms with Gasteiger partial charge in [-0.1, -0.05) is 158 Å². The van der Waals surface area contributed by atoms with Crippen LogP contribution in [0.15, 0.2) is 200 Å². The first kappa shape index (κ1) is 32.2. The van der Waals surface area contributed by atoms with Crippen LogP contribution in [0.25, 0.3) is 104 Å². The minimum absolute atomic E-state index is 1.14. The van der Waals surface area contributed by atoms with Crippen LogP contribution in [0, 0.1) is 6.92 Å². The molecule has 11 rings (SSSR count). The van der Waals surface area contributed by atoms with Crippen LogP contribution in [-0.4, -0.2) is 9.55 Å². The second-order valence-electron chi connectivity index (χ2n) is 14.7. The molecule has 2 heterocycles. The van der Waals surface area contributed by atoms with Gasteiger partial charge in [0.05, 0.1) is 11.0 Å². The molecule has 0 bridgehead atoms. The van der Waals surface area contributed by atoms with Crippen molar-refractivity contribution in [3.05, 3.63) is 206 Å². The molecule has 0 saturated heterocycles. The number of benzene rings is 9. The van der Waals surface area contributed by atoms with Crippen LogP contribution in [0.3, 0.4) is 0 Å². The van der Waals surface area contributed by atoms with E-state index in [1.807, 2.05) is 12.4 Å². The maximum Gasteiger partial charge on any atom is 0.0620 e. The van der Waals surface area contributed by atoms with Crippen molar-refractivity contribution in [3.63, 3.8) is 0 Å². The predicted molar refractivity (Wildman–Crippen MR) is 238 cm³/mol. The van der Waals surface area contributed by atoms with E-state index < -0.39 is 0 Å². The minimum Gasteiger partial charge on any atom is -0.309 e. The third-order valence-corrected chi connectivity index (χ3v) is 11.6. The second kappa shape index (κ2) is 12.9. The van der Waals surface area contributed by atoms with Gasteiger partial charge in [0, 0.05) is 34.2 Å². The average Bonchev–Trinajstić information content (AvgIpc) is 3.60. The Morgan fingerprint density at radius 3 is 1.61 bits per heavy atom. The van der Waals surface area contributed by atoms with E-state index >= 15 is 0 Å². The molecule has 0 aliphatic rings. The Balaban J connectivity index is 1.12. The summed E-state index contributed by atoms with van der Waals surface area (Å²) < 4.78 is 2.39. The number of para-hydroxylation sites is 1. The van der Waals surface area contributed by atoms with Crippen LogP contribution in [0.5, 0.6) is 0 Å². The molecule has 2 heteroatoms. The number of hydrogen-bond donors (Lipinski definition) is 0. The predicted octanol–water partition coefficient (Wildman–Crippen LogP) is 14.6. The van der Waals surface area contributed by atoms with Crippen molar-refractivity contribution in [2.45, 2.75) is 6.92 Å². The van der Waals surface area contributed by atoms with Gasteiger partial charge in [0.15, 0.2) is 0 Å². The van der Waals surface area contributed by atoms with Crippen molar-refractivity contribution in [1.29, 1.82) is 0 Å². The molecular weight excluding hydrogens is 677 g/mol. The lowest BCUT2D eigenvalue weighted by Gasteiger charge is -2.19. The quantitative estimate of drug-likeness (QED) is 0.162. The molecule has 56 heavy (non-hydrogen) atoms. The third kappa shape index (κ3) is 5.00. The fraction of sp³-hybridized carbons (Fsp3) is 0.0185. The van der Waals surface area contributed by atoms with Crippen LogP contribution in [0.1, 0.15) is 5.56 Å². The molecule has 2 aromatic heterocycles. The molecule has 0 N–H and O–H groups in total. The molecule has 0 aliphatic carbocycles. The molecule has 0 radical (unpaired) electrons. The maximum absolute atomic E-state index is 4.58. The highest BCUT2D eigenvalue weighted by atomic mass is 15.0. The minimum atomic E-state index is 1.14. The lowest BCUT2D eigenvalue weighted by molar-refractivity contribution is 1.18. The van der Waals surface area contributed by atoms with Gasteiger partial charge in [-0.25, -0.2) is 0 Å². The van der Waals surface area contributed by atoms with Gasteiger partial charge in [-0.15, -0.1) is 0 Å².